The van der Waals surface area contributed by atoms with Crippen LogP contribution in [0.2, 0.25) is 0 Å². The van der Waals surface area contributed by atoms with Gasteiger partial charge in [-0.25, -0.2) is 0 Å². The molecule has 0 saturated heterocycles. The quantitative estimate of drug-likeness (QED) is 0.683. The van der Waals surface area contributed by atoms with Crippen molar-refractivity contribution in [3.05, 3.63) is 30.1 Å². The van der Waals surface area contributed by atoms with Crippen molar-refractivity contribution in [1.82, 2.24) is 4.98 Å². The summed E-state index contributed by atoms with van der Waals surface area (Å²) in [6, 6.07) is 3.98. The van der Waals surface area contributed by atoms with Crippen LogP contribution >= 0.6 is 0 Å². The van der Waals surface area contributed by atoms with Gasteiger partial charge >= 0.3 is 0 Å². The summed E-state index contributed by atoms with van der Waals surface area (Å²) in [5.41, 5.74) is 1.18. The van der Waals surface area contributed by atoms with Crippen molar-refractivity contribution in [1.29, 1.82) is 0 Å². The Kier molecular flexibility index (Phi) is 2.09. The molecule has 2 heteroatoms. The van der Waals surface area contributed by atoms with Gasteiger partial charge in [0.05, 0.1) is 6.10 Å². The Labute approximate surface area is 72.3 Å². The minimum atomic E-state index is -0.144. The topological polar surface area (TPSA) is 33.1 Å². The summed E-state index contributed by atoms with van der Waals surface area (Å²) in [6.45, 7) is 0. The SMILES string of the molecule is OC1CCCC1c1cccnc1. The first-order chi connectivity index (χ1) is 5.88. The Morgan fingerprint density at radius 2 is 2.33 bits per heavy atom. The third kappa shape index (κ3) is 1.34. The third-order valence-electron chi connectivity index (χ3n) is 2.59. The molecule has 0 aromatic carbocycles. The molecule has 64 valence electrons. The van der Waals surface area contributed by atoms with Crippen LogP contribution in [-0.4, -0.2) is 16.2 Å². The summed E-state index contributed by atoms with van der Waals surface area (Å²) in [6.07, 6.45) is 6.67. The van der Waals surface area contributed by atoms with Crippen LogP contribution in [0, 0.1) is 0 Å². The molecule has 2 atom stereocenters. The second-order valence-electron chi connectivity index (χ2n) is 3.39. The Hall–Kier alpha value is -0.890. The summed E-state index contributed by atoms with van der Waals surface area (Å²) in [5, 5.41) is 9.61. The lowest BCUT2D eigenvalue weighted by atomic mass is 9.98. The lowest BCUT2D eigenvalue weighted by molar-refractivity contribution is 0.163. The molecule has 1 saturated carbocycles. The summed E-state index contributed by atoms with van der Waals surface area (Å²) in [5.74, 6) is 0.332. The van der Waals surface area contributed by atoms with E-state index in [4.69, 9.17) is 0 Å². The summed E-state index contributed by atoms with van der Waals surface area (Å²) in [7, 11) is 0. The lowest BCUT2D eigenvalue weighted by Crippen LogP contribution is -2.10. The van der Waals surface area contributed by atoms with Gasteiger partial charge in [0.15, 0.2) is 0 Å². The Bertz CT molecular complexity index is 247. The number of nitrogens with zero attached hydrogens (tertiary/aromatic N) is 1. The Morgan fingerprint density at radius 1 is 1.42 bits per heavy atom. The fourth-order valence-corrected chi connectivity index (χ4v) is 1.92. The molecule has 0 bridgehead atoms. The van der Waals surface area contributed by atoms with E-state index >= 15 is 0 Å². The number of aliphatic hydroxyl groups is 1. The maximum atomic E-state index is 9.61. The molecule has 2 unspecified atom stereocenters. The molecular weight excluding hydrogens is 150 g/mol. The standard InChI is InChI=1S/C10H13NO/c12-10-5-1-4-9(10)8-3-2-6-11-7-8/h2-3,6-7,9-10,12H,1,4-5H2. The average Bonchev–Trinajstić information content (AvgIpc) is 2.53. The average molecular weight is 163 g/mol. The minimum absolute atomic E-state index is 0.144. The molecule has 0 radical (unpaired) electrons. The molecule has 0 amide bonds. The molecule has 1 heterocycles. The van der Waals surface area contributed by atoms with E-state index in [1.54, 1.807) is 6.20 Å². The summed E-state index contributed by atoms with van der Waals surface area (Å²) < 4.78 is 0. The molecule has 2 rings (SSSR count). The van der Waals surface area contributed by atoms with Gasteiger partial charge in [0.25, 0.3) is 0 Å². The highest BCUT2D eigenvalue weighted by Gasteiger charge is 2.26. The van der Waals surface area contributed by atoms with Crippen LogP contribution in [0.3, 0.4) is 0 Å². The van der Waals surface area contributed by atoms with Gasteiger partial charge in [-0.15, -0.1) is 0 Å². The zero-order valence-electron chi connectivity index (χ0n) is 6.98. The number of hydrogen-bond acceptors (Lipinski definition) is 2. The predicted molar refractivity (Wildman–Crippen MR) is 46.8 cm³/mol. The van der Waals surface area contributed by atoms with E-state index in [1.165, 1.54) is 5.56 Å². The number of hydrogen-bond donors (Lipinski definition) is 1. The van der Waals surface area contributed by atoms with Crippen LogP contribution in [0.4, 0.5) is 0 Å². The number of rotatable bonds is 1. The minimum Gasteiger partial charge on any atom is -0.392 e. The first kappa shape index (κ1) is 7.74. The van der Waals surface area contributed by atoms with Crippen LogP contribution in [0.15, 0.2) is 24.5 Å². The van der Waals surface area contributed by atoms with E-state index in [9.17, 15) is 5.11 Å². The van der Waals surface area contributed by atoms with Crippen molar-refractivity contribution in [2.45, 2.75) is 31.3 Å². The maximum absolute atomic E-state index is 9.61. The zero-order chi connectivity index (χ0) is 8.39. The Balaban J connectivity index is 2.19. The monoisotopic (exact) mass is 163 g/mol. The molecule has 12 heavy (non-hydrogen) atoms. The molecule has 1 aromatic heterocycles. The fraction of sp³-hybridized carbons (Fsp3) is 0.500. The van der Waals surface area contributed by atoms with E-state index in [1.807, 2.05) is 18.3 Å². The van der Waals surface area contributed by atoms with Crippen molar-refractivity contribution in [3.63, 3.8) is 0 Å². The van der Waals surface area contributed by atoms with Crippen molar-refractivity contribution >= 4 is 0 Å². The molecule has 1 aromatic rings. The first-order valence-electron chi connectivity index (χ1n) is 4.46. The zero-order valence-corrected chi connectivity index (χ0v) is 6.98. The van der Waals surface area contributed by atoms with Gasteiger partial charge in [-0.3, -0.25) is 4.98 Å². The second-order valence-corrected chi connectivity index (χ2v) is 3.39. The van der Waals surface area contributed by atoms with Gasteiger partial charge in [-0.2, -0.15) is 0 Å². The van der Waals surface area contributed by atoms with E-state index in [2.05, 4.69) is 4.98 Å². The van der Waals surface area contributed by atoms with Gasteiger partial charge in [0, 0.05) is 18.3 Å². The maximum Gasteiger partial charge on any atom is 0.0609 e. The normalized spacial score (nSPS) is 29.1. The molecule has 2 nitrogen and oxygen atoms in total. The van der Waals surface area contributed by atoms with Crippen LogP contribution in [0.25, 0.3) is 0 Å². The predicted octanol–water partition coefficient (Wildman–Crippen LogP) is 1.71. The number of aromatic nitrogens is 1. The Morgan fingerprint density at radius 3 is 2.92 bits per heavy atom. The molecule has 1 N–H and O–H groups in total. The van der Waals surface area contributed by atoms with E-state index in [0.717, 1.165) is 19.3 Å². The van der Waals surface area contributed by atoms with E-state index in [-0.39, 0.29) is 6.10 Å². The highest BCUT2D eigenvalue weighted by atomic mass is 16.3. The van der Waals surface area contributed by atoms with Crippen molar-refractivity contribution in [3.8, 4) is 0 Å². The van der Waals surface area contributed by atoms with Crippen molar-refractivity contribution in [2.75, 3.05) is 0 Å². The van der Waals surface area contributed by atoms with E-state index < -0.39 is 0 Å². The van der Waals surface area contributed by atoms with Crippen LogP contribution in [-0.2, 0) is 0 Å². The fourth-order valence-electron chi connectivity index (χ4n) is 1.92. The highest BCUT2D eigenvalue weighted by Crippen LogP contribution is 2.33. The number of aliphatic hydroxyl groups excluding tert-OH is 1. The van der Waals surface area contributed by atoms with Crippen LogP contribution in [0.5, 0.6) is 0 Å². The van der Waals surface area contributed by atoms with Gasteiger partial charge in [-0.1, -0.05) is 12.5 Å². The van der Waals surface area contributed by atoms with Gasteiger partial charge in [0.2, 0.25) is 0 Å². The third-order valence-corrected chi connectivity index (χ3v) is 2.59. The van der Waals surface area contributed by atoms with Gasteiger partial charge in [0.1, 0.15) is 0 Å². The molecule has 1 aliphatic rings. The molecular formula is C10H13NO. The van der Waals surface area contributed by atoms with Crippen molar-refractivity contribution in [2.24, 2.45) is 0 Å². The molecule has 0 aliphatic heterocycles. The van der Waals surface area contributed by atoms with Gasteiger partial charge in [-0.05, 0) is 24.5 Å². The highest BCUT2D eigenvalue weighted by molar-refractivity contribution is 5.17. The first-order valence-corrected chi connectivity index (χ1v) is 4.46. The van der Waals surface area contributed by atoms with E-state index in [0.29, 0.717) is 5.92 Å². The van der Waals surface area contributed by atoms with Crippen molar-refractivity contribution < 1.29 is 5.11 Å². The largest absolute Gasteiger partial charge is 0.392 e. The molecule has 0 spiro atoms. The summed E-state index contributed by atoms with van der Waals surface area (Å²) >= 11 is 0. The molecule has 1 aliphatic carbocycles. The van der Waals surface area contributed by atoms with Gasteiger partial charge < -0.3 is 5.11 Å². The smallest absolute Gasteiger partial charge is 0.0609 e. The lowest BCUT2D eigenvalue weighted by Gasteiger charge is -2.13. The molecule has 1 fully saturated rings. The van der Waals surface area contributed by atoms with Crippen LogP contribution < -0.4 is 0 Å². The second kappa shape index (κ2) is 3.23. The number of pyridine rings is 1. The van der Waals surface area contributed by atoms with Crippen LogP contribution in [0.1, 0.15) is 30.7 Å². The summed E-state index contributed by atoms with van der Waals surface area (Å²) in [4.78, 5) is 4.05.